The molecule has 0 spiro atoms. The lowest BCUT2D eigenvalue weighted by Gasteiger charge is -2.19. The van der Waals surface area contributed by atoms with Crippen molar-refractivity contribution in [2.24, 2.45) is 5.92 Å². The zero-order chi connectivity index (χ0) is 15.5. The highest BCUT2D eigenvalue weighted by Crippen LogP contribution is 2.27. The third-order valence-corrected chi connectivity index (χ3v) is 4.35. The minimum atomic E-state index is -4.02. The molecule has 0 aliphatic heterocycles. The minimum absolute atomic E-state index is 0.0536. The number of sulfonamides is 1. The van der Waals surface area contributed by atoms with E-state index in [1.807, 2.05) is 0 Å². The Morgan fingerprint density at radius 2 is 2.00 bits per heavy atom. The average molecular weight is 322 g/mol. The van der Waals surface area contributed by atoms with E-state index in [0.29, 0.717) is 5.02 Å². The molecule has 0 radical (unpaired) electrons. The predicted octanol–water partition coefficient (Wildman–Crippen LogP) is 1.74. The Morgan fingerprint density at radius 1 is 1.40 bits per heavy atom. The topological polar surface area (TPSA) is 92.7 Å². The molecule has 112 valence electrons. The van der Waals surface area contributed by atoms with Crippen LogP contribution in [0, 0.1) is 5.92 Å². The SMILES string of the molecule is COc1cc(Cl)ccc1S(=O)(=O)NC(C(=O)O)C(C)C. The van der Waals surface area contributed by atoms with E-state index in [4.69, 9.17) is 21.4 Å². The van der Waals surface area contributed by atoms with E-state index in [1.54, 1.807) is 13.8 Å². The van der Waals surface area contributed by atoms with Gasteiger partial charge in [0.05, 0.1) is 7.11 Å². The second-order valence-electron chi connectivity index (χ2n) is 4.48. The normalized spacial score (nSPS) is 13.2. The number of halogens is 1. The number of methoxy groups -OCH3 is 1. The van der Waals surface area contributed by atoms with Gasteiger partial charge in [-0.15, -0.1) is 0 Å². The molecule has 0 aromatic heterocycles. The third kappa shape index (κ3) is 3.84. The Bertz CT molecular complexity index is 600. The molecule has 1 aromatic rings. The van der Waals surface area contributed by atoms with Gasteiger partial charge in [-0.25, -0.2) is 8.42 Å². The summed E-state index contributed by atoms with van der Waals surface area (Å²) in [6, 6.07) is 2.79. The highest BCUT2D eigenvalue weighted by atomic mass is 35.5. The third-order valence-electron chi connectivity index (χ3n) is 2.63. The van der Waals surface area contributed by atoms with Crippen molar-refractivity contribution in [1.82, 2.24) is 4.72 Å². The Balaban J connectivity index is 3.20. The molecule has 20 heavy (non-hydrogen) atoms. The lowest BCUT2D eigenvalue weighted by atomic mass is 10.1. The molecule has 1 rings (SSSR count). The van der Waals surface area contributed by atoms with Gasteiger partial charge in [0.1, 0.15) is 16.7 Å². The zero-order valence-corrected chi connectivity index (χ0v) is 12.8. The second kappa shape index (κ2) is 6.43. The first-order chi connectivity index (χ1) is 9.19. The molecule has 0 aliphatic carbocycles. The number of rotatable bonds is 6. The molecule has 0 bridgehead atoms. The van der Waals surface area contributed by atoms with Gasteiger partial charge in [0.2, 0.25) is 10.0 Å². The highest BCUT2D eigenvalue weighted by Gasteiger charge is 2.29. The average Bonchev–Trinajstić information content (AvgIpc) is 2.34. The van der Waals surface area contributed by atoms with Gasteiger partial charge in [0, 0.05) is 11.1 Å². The van der Waals surface area contributed by atoms with Crippen LogP contribution in [-0.4, -0.2) is 32.6 Å². The van der Waals surface area contributed by atoms with Gasteiger partial charge in [-0.1, -0.05) is 25.4 Å². The maximum atomic E-state index is 12.2. The fraction of sp³-hybridized carbons (Fsp3) is 0.417. The molecule has 0 saturated carbocycles. The number of nitrogens with one attached hydrogen (secondary N) is 1. The summed E-state index contributed by atoms with van der Waals surface area (Å²) in [6.45, 7) is 3.22. The fourth-order valence-electron chi connectivity index (χ4n) is 1.57. The maximum absolute atomic E-state index is 12.2. The van der Waals surface area contributed by atoms with Gasteiger partial charge in [0.25, 0.3) is 0 Å². The Hall–Kier alpha value is -1.31. The molecule has 6 nitrogen and oxygen atoms in total. The summed E-state index contributed by atoms with van der Waals surface area (Å²) in [5, 5.41) is 9.36. The molecule has 0 heterocycles. The number of hydrogen-bond acceptors (Lipinski definition) is 4. The molecule has 1 unspecified atom stereocenters. The first kappa shape index (κ1) is 16.7. The molecule has 0 aliphatic rings. The lowest BCUT2D eigenvalue weighted by Crippen LogP contribution is -2.44. The Kier molecular flexibility index (Phi) is 5.38. The van der Waals surface area contributed by atoms with Crippen LogP contribution in [0.25, 0.3) is 0 Å². The van der Waals surface area contributed by atoms with E-state index in [0.717, 1.165) is 0 Å². The van der Waals surface area contributed by atoms with E-state index < -0.39 is 28.0 Å². The number of benzene rings is 1. The summed E-state index contributed by atoms with van der Waals surface area (Å²) in [5.74, 6) is -1.59. The van der Waals surface area contributed by atoms with E-state index in [9.17, 15) is 13.2 Å². The van der Waals surface area contributed by atoms with Crippen molar-refractivity contribution < 1.29 is 23.1 Å². The standard InChI is InChI=1S/C12H16ClNO5S/c1-7(2)11(12(15)16)14-20(17,18)10-5-4-8(13)6-9(10)19-3/h4-7,11,14H,1-3H3,(H,15,16). The molecule has 0 fully saturated rings. The van der Waals surface area contributed by atoms with Crippen molar-refractivity contribution in [1.29, 1.82) is 0 Å². The molecule has 1 aromatic carbocycles. The van der Waals surface area contributed by atoms with Crippen LogP contribution in [0.4, 0.5) is 0 Å². The molecule has 8 heteroatoms. The number of ether oxygens (including phenoxy) is 1. The smallest absolute Gasteiger partial charge is 0.322 e. The number of hydrogen-bond donors (Lipinski definition) is 2. The predicted molar refractivity (Wildman–Crippen MR) is 74.6 cm³/mol. The molecule has 0 amide bonds. The summed E-state index contributed by atoms with van der Waals surface area (Å²) < 4.78 is 31.6. The Morgan fingerprint density at radius 3 is 2.45 bits per heavy atom. The van der Waals surface area contributed by atoms with Gasteiger partial charge < -0.3 is 9.84 Å². The summed E-state index contributed by atoms with van der Waals surface area (Å²) in [4.78, 5) is 10.9. The molecular weight excluding hydrogens is 306 g/mol. The van der Waals surface area contributed by atoms with Crippen LogP contribution in [0.15, 0.2) is 23.1 Å². The molecule has 2 N–H and O–H groups in total. The van der Waals surface area contributed by atoms with Crippen LogP contribution in [0.2, 0.25) is 5.02 Å². The van der Waals surface area contributed by atoms with Crippen molar-refractivity contribution in [3.63, 3.8) is 0 Å². The van der Waals surface area contributed by atoms with Crippen LogP contribution in [0.3, 0.4) is 0 Å². The summed E-state index contributed by atoms with van der Waals surface area (Å²) >= 11 is 5.76. The van der Waals surface area contributed by atoms with E-state index >= 15 is 0 Å². The zero-order valence-electron chi connectivity index (χ0n) is 11.3. The minimum Gasteiger partial charge on any atom is -0.495 e. The molecule has 1 atom stereocenters. The van der Waals surface area contributed by atoms with Gasteiger partial charge in [-0.3, -0.25) is 4.79 Å². The number of carbonyl (C=O) groups is 1. The monoisotopic (exact) mass is 321 g/mol. The largest absolute Gasteiger partial charge is 0.495 e. The quantitative estimate of drug-likeness (QED) is 0.832. The lowest BCUT2D eigenvalue weighted by molar-refractivity contribution is -0.140. The first-order valence-electron chi connectivity index (χ1n) is 5.77. The highest BCUT2D eigenvalue weighted by molar-refractivity contribution is 7.89. The van der Waals surface area contributed by atoms with Gasteiger partial charge >= 0.3 is 5.97 Å². The fourth-order valence-corrected chi connectivity index (χ4v) is 3.22. The maximum Gasteiger partial charge on any atom is 0.322 e. The number of aliphatic carboxylic acids is 1. The molecule has 0 saturated heterocycles. The van der Waals surface area contributed by atoms with Gasteiger partial charge in [0.15, 0.2) is 0 Å². The number of carboxylic acids is 1. The summed E-state index contributed by atoms with van der Waals surface area (Å²) in [6.07, 6.45) is 0. The Labute approximate surface area is 122 Å². The summed E-state index contributed by atoms with van der Waals surface area (Å²) in [7, 11) is -2.72. The van der Waals surface area contributed by atoms with Crippen molar-refractivity contribution in [3.05, 3.63) is 23.2 Å². The van der Waals surface area contributed by atoms with Crippen molar-refractivity contribution >= 4 is 27.6 Å². The van der Waals surface area contributed by atoms with Crippen molar-refractivity contribution in [3.8, 4) is 5.75 Å². The van der Waals surface area contributed by atoms with E-state index in [2.05, 4.69) is 4.72 Å². The van der Waals surface area contributed by atoms with Gasteiger partial charge in [-0.05, 0) is 18.1 Å². The molecular formula is C12H16ClNO5S. The van der Waals surface area contributed by atoms with Crippen LogP contribution >= 0.6 is 11.6 Å². The van der Waals surface area contributed by atoms with E-state index in [-0.39, 0.29) is 10.6 Å². The second-order valence-corrected chi connectivity index (χ2v) is 6.60. The summed E-state index contributed by atoms with van der Waals surface area (Å²) in [5.41, 5.74) is 0. The van der Waals surface area contributed by atoms with Crippen LogP contribution in [0.1, 0.15) is 13.8 Å². The number of carboxylic acid groups (broad SMARTS) is 1. The van der Waals surface area contributed by atoms with Crippen LogP contribution in [0.5, 0.6) is 5.75 Å². The van der Waals surface area contributed by atoms with E-state index in [1.165, 1.54) is 25.3 Å². The van der Waals surface area contributed by atoms with Crippen molar-refractivity contribution in [2.45, 2.75) is 24.8 Å². The first-order valence-corrected chi connectivity index (χ1v) is 7.64. The van der Waals surface area contributed by atoms with Crippen LogP contribution in [-0.2, 0) is 14.8 Å². The van der Waals surface area contributed by atoms with Gasteiger partial charge in [-0.2, -0.15) is 4.72 Å². The van der Waals surface area contributed by atoms with Crippen LogP contribution < -0.4 is 9.46 Å². The van der Waals surface area contributed by atoms with Crippen molar-refractivity contribution in [2.75, 3.05) is 7.11 Å².